The minimum Gasteiger partial charge on any atom is -0.507 e. The van der Waals surface area contributed by atoms with E-state index in [0.717, 1.165) is 5.56 Å². The van der Waals surface area contributed by atoms with Crippen LogP contribution in [0, 0.1) is 0 Å². The topological polar surface area (TPSA) is 105 Å². The highest BCUT2D eigenvalue weighted by Crippen LogP contribution is 2.30. The molecule has 0 saturated heterocycles. The van der Waals surface area contributed by atoms with Crippen LogP contribution in [0.4, 0.5) is 0 Å². The number of hydrogen-bond acceptors (Lipinski definition) is 5. The number of rotatable bonds is 3. The second kappa shape index (κ2) is 5.35. The van der Waals surface area contributed by atoms with Crippen LogP contribution < -0.4 is 11.1 Å². The third-order valence-corrected chi connectivity index (χ3v) is 4.01. The van der Waals surface area contributed by atoms with Crippen LogP contribution in [0.5, 0.6) is 0 Å². The minimum absolute atomic E-state index is 0.0246. The van der Waals surface area contributed by atoms with Gasteiger partial charge in [0.05, 0.1) is 17.6 Å². The van der Waals surface area contributed by atoms with E-state index < -0.39 is 11.7 Å². The molecule has 23 heavy (non-hydrogen) atoms. The van der Waals surface area contributed by atoms with E-state index in [4.69, 9.17) is 9.52 Å². The number of oxazole rings is 1. The smallest absolute Gasteiger partial charge is 0.419 e. The molecule has 2 heterocycles. The maximum absolute atomic E-state index is 11.6. The van der Waals surface area contributed by atoms with E-state index in [0.29, 0.717) is 28.8 Å². The lowest BCUT2D eigenvalue weighted by Gasteiger charge is -2.23. The summed E-state index contributed by atoms with van der Waals surface area (Å²) in [7, 11) is 1.62. The Hall–Kier alpha value is -2.96. The number of carboxylic acid groups (broad SMARTS) is 1. The van der Waals surface area contributed by atoms with E-state index in [2.05, 4.69) is 5.32 Å². The summed E-state index contributed by atoms with van der Waals surface area (Å²) in [5, 5.41) is 22.4. The summed E-state index contributed by atoms with van der Waals surface area (Å²) >= 11 is 0. The van der Waals surface area contributed by atoms with Gasteiger partial charge in [0.1, 0.15) is 5.76 Å². The normalized spacial score (nSPS) is 15.2. The molecule has 0 fully saturated rings. The van der Waals surface area contributed by atoms with Gasteiger partial charge in [0, 0.05) is 23.9 Å². The highest BCUT2D eigenvalue weighted by molar-refractivity contribution is 5.91. The number of dihydropyridines is 1. The first-order chi connectivity index (χ1) is 10.9. The molecule has 2 aromatic rings. The summed E-state index contributed by atoms with van der Waals surface area (Å²) in [5.74, 6) is -1.80. The SMILES string of the molecule is CCC1=C(c2ccc3c(c2)oc(=O)n3C)NCC(C(=O)O)=C1O. The van der Waals surface area contributed by atoms with Crippen LogP contribution in [0.3, 0.4) is 0 Å². The number of allylic oxidation sites excluding steroid dienone is 1. The predicted molar refractivity (Wildman–Crippen MR) is 84.0 cm³/mol. The highest BCUT2D eigenvalue weighted by Gasteiger charge is 2.25. The van der Waals surface area contributed by atoms with E-state index in [1.54, 1.807) is 25.2 Å². The molecule has 0 radical (unpaired) electrons. The largest absolute Gasteiger partial charge is 0.507 e. The number of aromatic nitrogens is 1. The molecule has 0 amide bonds. The Morgan fingerprint density at radius 1 is 1.43 bits per heavy atom. The fraction of sp³-hybridized carbons (Fsp3) is 0.250. The van der Waals surface area contributed by atoms with Gasteiger partial charge >= 0.3 is 11.7 Å². The quantitative estimate of drug-likeness (QED) is 0.797. The van der Waals surface area contributed by atoms with E-state index >= 15 is 0 Å². The summed E-state index contributed by atoms with van der Waals surface area (Å²) in [6.45, 7) is 1.86. The first-order valence-electron chi connectivity index (χ1n) is 7.16. The van der Waals surface area contributed by atoms with Crippen molar-refractivity contribution in [2.24, 2.45) is 7.05 Å². The summed E-state index contributed by atoms with van der Waals surface area (Å²) in [4.78, 5) is 22.7. The number of benzene rings is 1. The summed E-state index contributed by atoms with van der Waals surface area (Å²) in [6, 6.07) is 5.26. The lowest BCUT2D eigenvalue weighted by molar-refractivity contribution is -0.132. The van der Waals surface area contributed by atoms with Gasteiger partial charge in [-0.25, -0.2) is 9.59 Å². The van der Waals surface area contributed by atoms with Crippen molar-refractivity contribution in [2.75, 3.05) is 6.54 Å². The van der Waals surface area contributed by atoms with Crippen molar-refractivity contribution in [3.05, 3.63) is 51.2 Å². The number of aliphatic hydroxyl groups is 1. The van der Waals surface area contributed by atoms with Crippen LogP contribution in [0.1, 0.15) is 18.9 Å². The molecule has 1 aromatic heterocycles. The molecule has 0 spiro atoms. The number of aliphatic carboxylic acids is 1. The van der Waals surface area contributed by atoms with E-state index in [-0.39, 0.29) is 17.9 Å². The van der Waals surface area contributed by atoms with Crippen molar-refractivity contribution in [1.82, 2.24) is 9.88 Å². The van der Waals surface area contributed by atoms with Crippen molar-refractivity contribution in [3.8, 4) is 0 Å². The number of aliphatic hydroxyl groups excluding tert-OH is 1. The maximum Gasteiger partial charge on any atom is 0.419 e. The molecule has 1 aliphatic heterocycles. The summed E-state index contributed by atoms with van der Waals surface area (Å²) in [5.41, 5.74) is 2.93. The molecule has 1 aromatic carbocycles. The van der Waals surface area contributed by atoms with Crippen LogP contribution in [0.25, 0.3) is 16.8 Å². The molecule has 120 valence electrons. The third-order valence-electron chi connectivity index (χ3n) is 4.01. The molecule has 0 unspecified atom stereocenters. The Morgan fingerprint density at radius 3 is 2.83 bits per heavy atom. The summed E-state index contributed by atoms with van der Waals surface area (Å²) in [6.07, 6.45) is 0.460. The van der Waals surface area contributed by atoms with Crippen LogP contribution >= 0.6 is 0 Å². The molecule has 0 aliphatic carbocycles. The zero-order valence-electron chi connectivity index (χ0n) is 12.7. The van der Waals surface area contributed by atoms with Gasteiger partial charge in [-0.1, -0.05) is 13.0 Å². The van der Waals surface area contributed by atoms with Crippen molar-refractivity contribution >= 4 is 22.8 Å². The van der Waals surface area contributed by atoms with Crippen molar-refractivity contribution in [3.63, 3.8) is 0 Å². The van der Waals surface area contributed by atoms with Crippen molar-refractivity contribution in [2.45, 2.75) is 13.3 Å². The second-order valence-corrected chi connectivity index (χ2v) is 5.30. The standard InChI is InChI=1S/C16H16N2O5/c1-3-9-13(17-7-10(14(9)19)15(20)21)8-4-5-11-12(6-8)23-16(22)18(11)2/h4-6,17,19H,3,7H2,1-2H3,(H,20,21). The highest BCUT2D eigenvalue weighted by atomic mass is 16.4. The fourth-order valence-corrected chi connectivity index (χ4v) is 2.75. The summed E-state index contributed by atoms with van der Waals surface area (Å²) < 4.78 is 6.58. The van der Waals surface area contributed by atoms with Crippen molar-refractivity contribution < 1.29 is 19.4 Å². The molecular weight excluding hydrogens is 300 g/mol. The fourth-order valence-electron chi connectivity index (χ4n) is 2.75. The Labute approximate surface area is 131 Å². The average molecular weight is 316 g/mol. The number of aryl methyl sites for hydroxylation is 1. The Bertz CT molecular complexity index is 930. The van der Waals surface area contributed by atoms with Gasteiger partial charge in [-0.15, -0.1) is 0 Å². The number of nitrogens with one attached hydrogen (secondary N) is 1. The monoisotopic (exact) mass is 316 g/mol. The zero-order valence-corrected chi connectivity index (χ0v) is 12.7. The van der Waals surface area contributed by atoms with E-state index in [1.807, 2.05) is 6.92 Å². The van der Waals surface area contributed by atoms with Gasteiger partial charge in [0.15, 0.2) is 5.58 Å². The van der Waals surface area contributed by atoms with Crippen LogP contribution in [0.2, 0.25) is 0 Å². The molecule has 3 N–H and O–H groups in total. The minimum atomic E-state index is -1.15. The van der Waals surface area contributed by atoms with Gasteiger partial charge in [0.25, 0.3) is 0 Å². The van der Waals surface area contributed by atoms with Gasteiger partial charge in [0.2, 0.25) is 0 Å². The van der Waals surface area contributed by atoms with Gasteiger partial charge in [-0.3, -0.25) is 4.57 Å². The third kappa shape index (κ3) is 2.30. The van der Waals surface area contributed by atoms with Gasteiger partial charge in [-0.05, 0) is 18.6 Å². The molecule has 0 atom stereocenters. The molecule has 0 bridgehead atoms. The van der Waals surface area contributed by atoms with Crippen LogP contribution in [-0.4, -0.2) is 27.3 Å². The van der Waals surface area contributed by atoms with Crippen LogP contribution in [0.15, 0.2) is 44.3 Å². The Kier molecular flexibility index (Phi) is 3.48. The maximum atomic E-state index is 11.6. The number of nitrogens with zero attached hydrogens (tertiary/aromatic N) is 1. The molecule has 7 nitrogen and oxygen atoms in total. The van der Waals surface area contributed by atoms with Gasteiger partial charge < -0.3 is 19.9 Å². The van der Waals surface area contributed by atoms with Crippen molar-refractivity contribution in [1.29, 1.82) is 0 Å². The van der Waals surface area contributed by atoms with E-state index in [9.17, 15) is 14.7 Å². The zero-order chi connectivity index (χ0) is 16.7. The lowest BCUT2D eigenvalue weighted by Crippen LogP contribution is -2.27. The predicted octanol–water partition coefficient (Wildman–Crippen LogP) is 1.75. The molecular formula is C16H16N2O5. The second-order valence-electron chi connectivity index (χ2n) is 5.30. The first-order valence-corrected chi connectivity index (χ1v) is 7.16. The molecule has 3 rings (SSSR count). The molecule has 0 saturated carbocycles. The average Bonchev–Trinajstić information content (AvgIpc) is 2.80. The lowest BCUT2D eigenvalue weighted by atomic mass is 9.96. The first kappa shape index (κ1) is 15.0. The number of hydrogen-bond donors (Lipinski definition) is 3. The van der Waals surface area contributed by atoms with Crippen LogP contribution in [-0.2, 0) is 11.8 Å². The Morgan fingerprint density at radius 2 is 2.17 bits per heavy atom. The molecule has 7 heteroatoms. The van der Waals surface area contributed by atoms with Gasteiger partial charge in [-0.2, -0.15) is 0 Å². The number of carbonyl (C=O) groups is 1. The molecule has 1 aliphatic rings. The number of carboxylic acids is 1. The Balaban J connectivity index is 2.18. The number of fused-ring (bicyclic) bond motifs is 1. The van der Waals surface area contributed by atoms with E-state index in [1.165, 1.54) is 4.57 Å².